The van der Waals surface area contributed by atoms with E-state index in [4.69, 9.17) is 0 Å². The van der Waals surface area contributed by atoms with E-state index in [0.717, 1.165) is 17.6 Å². The van der Waals surface area contributed by atoms with Crippen LogP contribution in [-0.4, -0.2) is 52.5 Å². The normalized spacial score (nSPS) is 18.5. The second-order valence-corrected chi connectivity index (χ2v) is 4.96. The van der Waals surface area contributed by atoms with Crippen molar-refractivity contribution < 1.29 is 0 Å². The summed E-state index contributed by atoms with van der Waals surface area (Å²) < 4.78 is 0. The van der Waals surface area contributed by atoms with E-state index in [-0.39, 0.29) is 0 Å². The van der Waals surface area contributed by atoms with E-state index in [0.29, 0.717) is 0 Å². The van der Waals surface area contributed by atoms with Crippen LogP contribution in [0.2, 0.25) is 0 Å². The van der Waals surface area contributed by atoms with Crippen LogP contribution < -0.4 is 0 Å². The Balaban J connectivity index is 1.65. The van der Waals surface area contributed by atoms with Crippen LogP contribution in [0.3, 0.4) is 0 Å². The quantitative estimate of drug-likeness (QED) is 0.892. The number of nitrogens with one attached hydrogen (secondary N) is 1. The minimum Gasteiger partial charge on any atom is -0.345 e. The molecule has 96 valence electrons. The first-order valence-corrected chi connectivity index (χ1v) is 6.72. The number of benzene rings is 1. The maximum Gasteiger partial charge on any atom is 0.0931 e. The third kappa shape index (κ3) is 2.40. The van der Waals surface area contributed by atoms with Gasteiger partial charge in [-0.2, -0.15) is 0 Å². The van der Waals surface area contributed by atoms with Crippen LogP contribution in [0, 0.1) is 0 Å². The van der Waals surface area contributed by atoms with Crippen molar-refractivity contribution in [3.63, 3.8) is 0 Å². The molecule has 4 nitrogen and oxygen atoms in total. The lowest BCUT2D eigenvalue weighted by atomic mass is 10.1. The largest absolute Gasteiger partial charge is 0.345 e. The highest BCUT2D eigenvalue weighted by molar-refractivity contribution is 5.74. The second-order valence-electron chi connectivity index (χ2n) is 4.96. The third-order valence-corrected chi connectivity index (χ3v) is 3.80. The highest BCUT2D eigenvalue weighted by Crippen LogP contribution is 2.14. The van der Waals surface area contributed by atoms with Gasteiger partial charge >= 0.3 is 0 Å². The van der Waals surface area contributed by atoms with Crippen LogP contribution in [-0.2, 0) is 6.54 Å². The number of rotatable bonds is 3. The SMILES string of the molecule is CCN1CCN(Cc2ccc3nc[nH]c3c2)CC1. The number of imidazole rings is 1. The summed E-state index contributed by atoms with van der Waals surface area (Å²) in [6.07, 6.45) is 1.76. The number of hydrogen-bond acceptors (Lipinski definition) is 3. The first-order chi connectivity index (χ1) is 8.85. The summed E-state index contributed by atoms with van der Waals surface area (Å²) in [4.78, 5) is 12.5. The monoisotopic (exact) mass is 244 g/mol. The van der Waals surface area contributed by atoms with Crippen LogP contribution in [0.25, 0.3) is 11.0 Å². The average molecular weight is 244 g/mol. The molecule has 1 fully saturated rings. The van der Waals surface area contributed by atoms with Gasteiger partial charge in [-0.25, -0.2) is 4.98 Å². The number of fused-ring (bicyclic) bond motifs is 1. The summed E-state index contributed by atoms with van der Waals surface area (Å²) in [6, 6.07) is 6.51. The van der Waals surface area contributed by atoms with Gasteiger partial charge in [0.15, 0.2) is 0 Å². The number of likely N-dealkylation sites (N-methyl/N-ethyl adjacent to an activating group) is 1. The van der Waals surface area contributed by atoms with Crippen LogP contribution in [0.15, 0.2) is 24.5 Å². The van der Waals surface area contributed by atoms with Crippen molar-refractivity contribution in [2.75, 3.05) is 32.7 Å². The molecule has 2 aromatic rings. The molecule has 1 aliphatic heterocycles. The lowest BCUT2D eigenvalue weighted by Crippen LogP contribution is -2.45. The van der Waals surface area contributed by atoms with Crippen molar-refractivity contribution in [3.8, 4) is 0 Å². The smallest absolute Gasteiger partial charge is 0.0931 e. The Morgan fingerprint density at radius 1 is 1.17 bits per heavy atom. The number of nitrogens with zero attached hydrogens (tertiary/aromatic N) is 3. The van der Waals surface area contributed by atoms with Crippen molar-refractivity contribution in [1.29, 1.82) is 0 Å². The second kappa shape index (κ2) is 5.08. The Labute approximate surface area is 108 Å². The van der Waals surface area contributed by atoms with Crippen molar-refractivity contribution in [2.45, 2.75) is 13.5 Å². The minimum absolute atomic E-state index is 1.05. The Hall–Kier alpha value is -1.39. The van der Waals surface area contributed by atoms with Crippen molar-refractivity contribution >= 4 is 11.0 Å². The average Bonchev–Trinajstić information content (AvgIpc) is 2.87. The number of piperazine rings is 1. The molecule has 0 unspecified atom stereocenters. The number of aromatic amines is 1. The zero-order chi connectivity index (χ0) is 12.4. The molecule has 0 amide bonds. The van der Waals surface area contributed by atoms with Gasteiger partial charge in [0.05, 0.1) is 17.4 Å². The predicted octanol–water partition coefficient (Wildman–Crippen LogP) is 1.70. The zero-order valence-corrected chi connectivity index (χ0v) is 10.9. The maximum atomic E-state index is 4.25. The number of H-pyrrole nitrogens is 1. The molecule has 0 bridgehead atoms. The van der Waals surface area contributed by atoms with Gasteiger partial charge in [0, 0.05) is 32.7 Å². The summed E-state index contributed by atoms with van der Waals surface area (Å²) >= 11 is 0. The molecule has 1 saturated heterocycles. The molecule has 1 aromatic heterocycles. The van der Waals surface area contributed by atoms with Gasteiger partial charge in [-0.1, -0.05) is 13.0 Å². The lowest BCUT2D eigenvalue weighted by molar-refractivity contribution is 0.132. The van der Waals surface area contributed by atoms with Gasteiger partial charge in [-0.15, -0.1) is 0 Å². The summed E-state index contributed by atoms with van der Waals surface area (Å²) in [5.41, 5.74) is 3.56. The van der Waals surface area contributed by atoms with Gasteiger partial charge in [-0.05, 0) is 24.2 Å². The fourth-order valence-electron chi connectivity index (χ4n) is 2.60. The topological polar surface area (TPSA) is 35.2 Å². The standard InChI is InChI=1S/C14H20N4/c1-2-17-5-7-18(8-6-17)10-12-3-4-13-14(9-12)16-11-15-13/h3-4,9,11H,2,5-8,10H2,1H3,(H,15,16). The molecule has 2 heterocycles. The number of aromatic nitrogens is 2. The van der Waals surface area contributed by atoms with Crippen molar-refractivity contribution in [1.82, 2.24) is 19.8 Å². The molecule has 0 aliphatic carbocycles. The molecule has 3 rings (SSSR count). The van der Waals surface area contributed by atoms with Gasteiger partial charge in [-0.3, -0.25) is 4.90 Å². The molecular weight excluding hydrogens is 224 g/mol. The molecule has 1 aliphatic rings. The van der Waals surface area contributed by atoms with Gasteiger partial charge in [0.2, 0.25) is 0 Å². The van der Waals surface area contributed by atoms with Crippen molar-refractivity contribution in [2.24, 2.45) is 0 Å². The van der Waals surface area contributed by atoms with E-state index in [2.05, 4.69) is 44.9 Å². The van der Waals surface area contributed by atoms with E-state index < -0.39 is 0 Å². The molecule has 0 saturated carbocycles. The summed E-state index contributed by atoms with van der Waals surface area (Å²) in [6.45, 7) is 9.21. The molecule has 4 heteroatoms. The molecule has 1 N–H and O–H groups in total. The fraction of sp³-hybridized carbons (Fsp3) is 0.500. The maximum absolute atomic E-state index is 4.25. The molecular formula is C14H20N4. The van der Waals surface area contributed by atoms with Crippen LogP contribution in [0.1, 0.15) is 12.5 Å². The Kier molecular flexibility index (Phi) is 3.30. The molecule has 0 spiro atoms. The summed E-state index contributed by atoms with van der Waals surface area (Å²) in [5, 5.41) is 0. The highest BCUT2D eigenvalue weighted by Gasteiger charge is 2.15. The highest BCUT2D eigenvalue weighted by atomic mass is 15.3. The zero-order valence-electron chi connectivity index (χ0n) is 10.9. The third-order valence-electron chi connectivity index (χ3n) is 3.80. The fourth-order valence-corrected chi connectivity index (χ4v) is 2.60. The van der Waals surface area contributed by atoms with Crippen LogP contribution >= 0.6 is 0 Å². The first-order valence-electron chi connectivity index (χ1n) is 6.72. The molecule has 1 aromatic carbocycles. The first kappa shape index (κ1) is 11.7. The van der Waals surface area contributed by atoms with Crippen LogP contribution in [0.4, 0.5) is 0 Å². The molecule has 0 atom stereocenters. The Bertz CT molecular complexity index is 511. The van der Waals surface area contributed by atoms with Gasteiger partial charge in [0.1, 0.15) is 0 Å². The lowest BCUT2D eigenvalue weighted by Gasteiger charge is -2.34. The van der Waals surface area contributed by atoms with E-state index in [1.807, 2.05) is 0 Å². The van der Waals surface area contributed by atoms with Gasteiger partial charge in [0.25, 0.3) is 0 Å². The number of hydrogen-bond donors (Lipinski definition) is 1. The predicted molar refractivity (Wildman–Crippen MR) is 73.5 cm³/mol. The Morgan fingerprint density at radius 2 is 1.94 bits per heavy atom. The van der Waals surface area contributed by atoms with E-state index in [1.165, 1.54) is 38.3 Å². The molecule has 0 radical (unpaired) electrons. The minimum atomic E-state index is 1.05. The van der Waals surface area contributed by atoms with E-state index in [9.17, 15) is 0 Å². The van der Waals surface area contributed by atoms with E-state index >= 15 is 0 Å². The van der Waals surface area contributed by atoms with Crippen molar-refractivity contribution in [3.05, 3.63) is 30.1 Å². The van der Waals surface area contributed by atoms with Gasteiger partial charge < -0.3 is 9.88 Å². The van der Waals surface area contributed by atoms with E-state index in [1.54, 1.807) is 6.33 Å². The summed E-state index contributed by atoms with van der Waals surface area (Å²) in [5.74, 6) is 0. The van der Waals surface area contributed by atoms with Crippen LogP contribution in [0.5, 0.6) is 0 Å². The summed E-state index contributed by atoms with van der Waals surface area (Å²) in [7, 11) is 0. The Morgan fingerprint density at radius 3 is 2.72 bits per heavy atom. The molecule has 18 heavy (non-hydrogen) atoms.